The quantitative estimate of drug-likeness (QED) is 0.483. The van der Waals surface area contributed by atoms with Crippen molar-refractivity contribution < 1.29 is 33.4 Å². The van der Waals surface area contributed by atoms with Gasteiger partial charge in [-0.2, -0.15) is 4.98 Å². The SMILES string of the molecule is CCC(=O)O[C@H]1C[C@@H](OC(C)=O)[C@H](n2c(=O)n(Cc3cc(O)no3)c3cnc(N)nc32)O1. The highest BCUT2D eigenvalue weighted by atomic mass is 16.7. The number of fused-ring (bicyclic) bond motifs is 1. The predicted molar refractivity (Wildman–Crippen MR) is 104 cm³/mol. The molecule has 1 saturated heterocycles. The zero-order valence-electron chi connectivity index (χ0n) is 17.1. The van der Waals surface area contributed by atoms with Crippen LogP contribution in [0.3, 0.4) is 0 Å². The molecule has 0 aromatic carbocycles. The highest BCUT2D eigenvalue weighted by Crippen LogP contribution is 2.33. The van der Waals surface area contributed by atoms with E-state index in [-0.39, 0.29) is 48.1 Å². The van der Waals surface area contributed by atoms with Crippen molar-refractivity contribution in [2.24, 2.45) is 0 Å². The van der Waals surface area contributed by atoms with E-state index in [0.29, 0.717) is 0 Å². The predicted octanol–water partition coefficient (Wildman–Crippen LogP) is 0.0470. The number of aromatic nitrogens is 5. The highest BCUT2D eigenvalue weighted by molar-refractivity contribution is 5.72. The number of aromatic hydroxyl groups is 1. The van der Waals surface area contributed by atoms with Crippen molar-refractivity contribution in [2.75, 3.05) is 5.73 Å². The van der Waals surface area contributed by atoms with Gasteiger partial charge in [0.05, 0.1) is 19.2 Å². The summed E-state index contributed by atoms with van der Waals surface area (Å²) >= 11 is 0. The molecule has 0 saturated carbocycles. The minimum Gasteiger partial charge on any atom is -0.491 e. The highest BCUT2D eigenvalue weighted by Gasteiger charge is 2.43. The lowest BCUT2D eigenvalue weighted by atomic mass is 10.2. The fourth-order valence-electron chi connectivity index (χ4n) is 3.44. The van der Waals surface area contributed by atoms with Gasteiger partial charge in [0, 0.05) is 19.4 Å². The number of esters is 2. The smallest absolute Gasteiger partial charge is 0.333 e. The Morgan fingerprint density at radius 2 is 2.16 bits per heavy atom. The van der Waals surface area contributed by atoms with E-state index in [4.69, 9.17) is 24.5 Å². The van der Waals surface area contributed by atoms with Crippen LogP contribution in [0, 0.1) is 0 Å². The van der Waals surface area contributed by atoms with E-state index < -0.39 is 36.3 Å². The summed E-state index contributed by atoms with van der Waals surface area (Å²) in [5.74, 6) is -1.36. The number of imidazole rings is 1. The van der Waals surface area contributed by atoms with Crippen molar-refractivity contribution in [3.05, 3.63) is 28.5 Å². The number of hydrogen-bond donors (Lipinski definition) is 2. The molecule has 0 spiro atoms. The van der Waals surface area contributed by atoms with Crippen LogP contribution in [0.5, 0.6) is 5.88 Å². The van der Waals surface area contributed by atoms with E-state index >= 15 is 0 Å². The monoisotopic (exact) mass is 448 g/mol. The molecule has 4 heterocycles. The van der Waals surface area contributed by atoms with Gasteiger partial charge in [-0.15, -0.1) is 0 Å². The first-order valence-electron chi connectivity index (χ1n) is 9.66. The molecule has 14 heteroatoms. The van der Waals surface area contributed by atoms with Crippen molar-refractivity contribution in [3.63, 3.8) is 0 Å². The third kappa shape index (κ3) is 3.99. The van der Waals surface area contributed by atoms with Crippen LogP contribution in [0.25, 0.3) is 11.2 Å². The van der Waals surface area contributed by atoms with Crippen molar-refractivity contribution in [1.82, 2.24) is 24.3 Å². The molecule has 3 atom stereocenters. The summed E-state index contributed by atoms with van der Waals surface area (Å²) in [5.41, 5.74) is 5.50. The van der Waals surface area contributed by atoms with Crippen LogP contribution in [-0.4, -0.2) is 53.7 Å². The standard InChI is InChI=1S/C18H20N6O8/c1-3-13(27)30-14-5-11(29-8(2)25)16(31-14)24-15-10(6-20-17(19)21-15)23(18(24)28)7-9-4-12(26)22-32-9/h4,6,11,14,16H,3,5,7H2,1-2H3,(H,22,26)(H2,19,20,21)/t11-,14-,16-/m1/s1. The maximum atomic E-state index is 13.4. The molecule has 1 aliphatic heterocycles. The van der Waals surface area contributed by atoms with Crippen LogP contribution in [-0.2, 0) is 30.3 Å². The largest absolute Gasteiger partial charge is 0.491 e. The number of ether oxygens (including phenoxy) is 3. The second-order valence-electron chi connectivity index (χ2n) is 7.01. The Labute approximate surface area is 179 Å². The second kappa shape index (κ2) is 8.30. The lowest BCUT2D eigenvalue weighted by Gasteiger charge is -2.18. The summed E-state index contributed by atoms with van der Waals surface area (Å²) in [4.78, 5) is 44.8. The Kier molecular flexibility index (Phi) is 5.52. The zero-order chi connectivity index (χ0) is 23.0. The number of rotatable bonds is 6. The maximum Gasteiger partial charge on any atom is 0.333 e. The van der Waals surface area contributed by atoms with Gasteiger partial charge < -0.3 is 29.6 Å². The first-order chi connectivity index (χ1) is 15.3. The van der Waals surface area contributed by atoms with E-state index in [1.54, 1.807) is 6.92 Å². The lowest BCUT2D eigenvalue weighted by molar-refractivity contribution is -0.183. The van der Waals surface area contributed by atoms with Crippen LogP contribution >= 0.6 is 0 Å². The molecule has 0 aliphatic carbocycles. The Hall–Kier alpha value is -3.94. The molecule has 0 bridgehead atoms. The molecule has 4 rings (SSSR count). The first-order valence-corrected chi connectivity index (χ1v) is 9.66. The normalized spacial score (nSPS) is 20.5. The molecule has 1 aliphatic rings. The van der Waals surface area contributed by atoms with Gasteiger partial charge >= 0.3 is 17.6 Å². The third-order valence-electron chi connectivity index (χ3n) is 4.74. The molecule has 170 valence electrons. The van der Waals surface area contributed by atoms with Crippen molar-refractivity contribution in [2.45, 2.75) is 51.9 Å². The summed E-state index contributed by atoms with van der Waals surface area (Å²) in [6.07, 6.45) is -1.64. The van der Waals surface area contributed by atoms with Crippen molar-refractivity contribution >= 4 is 29.1 Å². The molecule has 1 fully saturated rings. The van der Waals surface area contributed by atoms with Gasteiger partial charge in [-0.05, 0) is 5.16 Å². The van der Waals surface area contributed by atoms with Gasteiger partial charge in [0.1, 0.15) is 5.52 Å². The molecular formula is C18H20N6O8. The van der Waals surface area contributed by atoms with Crippen LogP contribution in [0.15, 0.2) is 21.6 Å². The van der Waals surface area contributed by atoms with Gasteiger partial charge in [0.25, 0.3) is 5.88 Å². The molecule has 32 heavy (non-hydrogen) atoms. The molecular weight excluding hydrogens is 428 g/mol. The fourth-order valence-corrected chi connectivity index (χ4v) is 3.44. The van der Waals surface area contributed by atoms with Gasteiger partial charge in [0.2, 0.25) is 12.2 Å². The third-order valence-corrected chi connectivity index (χ3v) is 4.74. The first kappa shape index (κ1) is 21.3. The molecule has 0 radical (unpaired) electrons. The Morgan fingerprint density at radius 3 is 2.81 bits per heavy atom. The van der Waals surface area contributed by atoms with Crippen LogP contribution in [0.1, 0.15) is 38.7 Å². The van der Waals surface area contributed by atoms with Gasteiger partial charge in [-0.25, -0.2) is 14.3 Å². The minimum atomic E-state index is -1.15. The van der Waals surface area contributed by atoms with E-state index in [9.17, 15) is 19.5 Å². The van der Waals surface area contributed by atoms with E-state index in [1.165, 1.54) is 23.8 Å². The van der Waals surface area contributed by atoms with Crippen LogP contribution < -0.4 is 11.4 Å². The van der Waals surface area contributed by atoms with E-state index in [0.717, 1.165) is 4.57 Å². The number of nitrogen functional groups attached to an aromatic ring is 1. The minimum absolute atomic E-state index is 0.0195. The van der Waals surface area contributed by atoms with Gasteiger partial charge in [-0.1, -0.05) is 6.92 Å². The lowest BCUT2D eigenvalue weighted by Crippen LogP contribution is -2.33. The number of carbonyl (C=O) groups excluding carboxylic acids is 2. The summed E-state index contributed by atoms with van der Waals surface area (Å²) < 4.78 is 23.7. The molecule has 3 aromatic rings. The van der Waals surface area contributed by atoms with Crippen LogP contribution in [0.2, 0.25) is 0 Å². The Bertz CT molecular complexity index is 1230. The molecule has 3 aromatic heterocycles. The Morgan fingerprint density at radius 1 is 1.38 bits per heavy atom. The number of nitrogens with two attached hydrogens (primary N) is 1. The topological polar surface area (TPSA) is 187 Å². The fraction of sp³-hybridized carbons (Fsp3) is 0.444. The van der Waals surface area contributed by atoms with Gasteiger partial charge in [0.15, 0.2) is 23.7 Å². The average Bonchev–Trinajstić information content (AvgIpc) is 3.38. The van der Waals surface area contributed by atoms with Gasteiger partial charge in [-0.3, -0.25) is 14.2 Å². The second-order valence-corrected chi connectivity index (χ2v) is 7.01. The average molecular weight is 448 g/mol. The summed E-state index contributed by atoms with van der Waals surface area (Å²) in [6.45, 7) is 2.73. The Balaban J connectivity index is 1.80. The van der Waals surface area contributed by atoms with Crippen LogP contribution in [0.4, 0.5) is 5.95 Å². The summed E-state index contributed by atoms with van der Waals surface area (Å²) in [7, 11) is 0. The maximum absolute atomic E-state index is 13.4. The molecule has 0 unspecified atom stereocenters. The summed E-state index contributed by atoms with van der Waals surface area (Å²) in [6, 6.07) is 1.25. The molecule has 0 amide bonds. The molecule has 14 nitrogen and oxygen atoms in total. The van der Waals surface area contributed by atoms with Crippen molar-refractivity contribution in [1.29, 1.82) is 0 Å². The number of carbonyl (C=O) groups is 2. The number of nitrogens with zero attached hydrogens (tertiary/aromatic N) is 5. The zero-order valence-corrected chi connectivity index (χ0v) is 17.1. The summed E-state index contributed by atoms with van der Waals surface area (Å²) in [5, 5.41) is 12.8. The van der Waals surface area contributed by atoms with E-state index in [1.807, 2.05) is 0 Å². The van der Waals surface area contributed by atoms with Crippen molar-refractivity contribution in [3.8, 4) is 5.88 Å². The number of anilines is 1. The number of hydrogen-bond acceptors (Lipinski definition) is 12. The van der Waals surface area contributed by atoms with E-state index in [2.05, 4.69) is 15.1 Å². The molecule has 3 N–H and O–H groups in total.